The first kappa shape index (κ1) is 19.1. The zero-order valence-corrected chi connectivity index (χ0v) is 16.5. The SMILES string of the molecule is CCCN1C(C)=NS(=O)(=O)c2cc(C(=O)Nc3ccc(CC)cc3)ccc21. The van der Waals surface area contributed by atoms with Crippen molar-refractivity contribution in [2.45, 2.75) is 38.5 Å². The van der Waals surface area contributed by atoms with Gasteiger partial charge >= 0.3 is 0 Å². The lowest BCUT2D eigenvalue weighted by Gasteiger charge is -2.29. The highest BCUT2D eigenvalue weighted by Gasteiger charge is 2.29. The highest BCUT2D eigenvalue weighted by molar-refractivity contribution is 7.90. The molecule has 0 spiro atoms. The van der Waals surface area contributed by atoms with Gasteiger partial charge in [0.25, 0.3) is 15.9 Å². The van der Waals surface area contributed by atoms with Crippen molar-refractivity contribution in [3.63, 3.8) is 0 Å². The fourth-order valence-electron chi connectivity index (χ4n) is 3.06. The van der Waals surface area contributed by atoms with Crippen LogP contribution in [0.15, 0.2) is 51.8 Å². The molecule has 2 aromatic carbocycles. The second-order valence-electron chi connectivity index (χ2n) is 6.45. The van der Waals surface area contributed by atoms with Crippen LogP contribution in [0.1, 0.15) is 43.1 Å². The van der Waals surface area contributed by atoms with Crippen LogP contribution >= 0.6 is 0 Å². The van der Waals surface area contributed by atoms with Crippen LogP contribution in [0.25, 0.3) is 0 Å². The number of sulfonamides is 1. The summed E-state index contributed by atoms with van der Waals surface area (Å²) < 4.78 is 28.8. The first-order chi connectivity index (χ1) is 12.9. The van der Waals surface area contributed by atoms with Gasteiger partial charge in [0.15, 0.2) is 0 Å². The number of aryl methyl sites for hydroxylation is 1. The number of hydrogen-bond acceptors (Lipinski definition) is 4. The standard InChI is InChI=1S/C20H23N3O3S/c1-4-12-23-14(3)22-27(25,26)19-13-16(8-11-18(19)23)20(24)21-17-9-6-15(5-2)7-10-17/h6-11,13H,4-5,12H2,1-3H3,(H,21,24). The first-order valence-corrected chi connectivity index (χ1v) is 10.4. The molecular formula is C20H23N3O3S. The fourth-order valence-corrected chi connectivity index (χ4v) is 4.33. The second-order valence-corrected chi connectivity index (χ2v) is 8.02. The molecule has 7 heteroatoms. The maximum absolute atomic E-state index is 12.6. The monoisotopic (exact) mass is 385 g/mol. The lowest BCUT2D eigenvalue weighted by Crippen LogP contribution is -2.34. The number of rotatable bonds is 5. The Balaban J connectivity index is 1.92. The van der Waals surface area contributed by atoms with E-state index in [9.17, 15) is 13.2 Å². The number of carbonyl (C=O) groups excluding carboxylic acids is 1. The number of fused-ring (bicyclic) bond motifs is 1. The molecular weight excluding hydrogens is 362 g/mol. The van der Waals surface area contributed by atoms with Crippen molar-refractivity contribution in [2.24, 2.45) is 4.40 Å². The minimum absolute atomic E-state index is 0.0653. The predicted octanol–water partition coefficient (Wildman–Crippen LogP) is 3.84. The van der Waals surface area contributed by atoms with Gasteiger partial charge in [-0.15, -0.1) is 4.40 Å². The van der Waals surface area contributed by atoms with E-state index in [0.717, 1.165) is 12.8 Å². The third-order valence-electron chi connectivity index (χ3n) is 4.50. The van der Waals surface area contributed by atoms with Crippen LogP contribution in [0.5, 0.6) is 0 Å². The van der Waals surface area contributed by atoms with E-state index in [1.54, 1.807) is 19.1 Å². The quantitative estimate of drug-likeness (QED) is 0.848. The largest absolute Gasteiger partial charge is 0.328 e. The van der Waals surface area contributed by atoms with E-state index in [0.29, 0.717) is 23.8 Å². The van der Waals surface area contributed by atoms with Gasteiger partial charge in [-0.2, -0.15) is 8.42 Å². The smallest absolute Gasteiger partial charge is 0.286 e. The average Bonchev–Trinajstić information content (AvgIpc) is 2.65. The van der Waals surface area contributed by atoms with Crippen molar-refractivity contribution < 1.29 is 13.2 Å². The molecule has 0 bridgehead atoms. The molecule has 0 unspecified atom stereocenters. The third kappa shape index (κ3) is 3.88. The van der Waals surface area contributed by atoms with Crippen molar-refractivity contribution in [1.29, 1.82) is 0 Å². The minimum Gasteiger partial charge on any atom is -0.328 e. The molecule has 0 aromatic heterocycles. The van der Waals surface area contributed by atoms with Crippen LogP contribution in [-0.4, -0.2) is 26.7 Å². The molecule has 0 saturated heterocycles. The highest BCUT2D eigenvalue weighted by Crippen LogP contribution is 2.32. The molecule has 1 aliphatic rings. The lowest BCUT2D eigenvalue weighted by atomic mass is 10.1. The van der Waals surface area contributed by atoms with Gasteiger partial charge in [-0.1, -0.05) is 26.0 Å². The second kappa shape index (κ2) is 7.52. The maximum atomic E-state index is 12.6. The van der Waals surface area contributed by atoms with Crippen LogP contribution in [0, 0.1) is 0 Å². The summed E-state index contributed by atoms with van der Waals surface area (Å²) in [5, 5.41) is 2.81. The van der Waals surface area contributed by atoms with Crippen LogP contribution in [0.4, 0.5) is 11.4 Å². The Morgan fingerprint density at radius 1 is 1.11 bits per heavy atom. The van der Waals surface area contributed by atoms with Gasteiger partial charge in [-0.3, -0.25) is 4.79 Å². The zero-order valence-electron chi connectivity index (χ0n) is 15.7. The van der Waals surface area contributed by atoms with E-state index in [4.69, 9.17) is 0 Å². The van der Waals surface area contributed by atoms with E-state index >= 15 is 0 Å². The summed E-state index contributed by atoms with van der Waals surface area (Å²) in [5.41, 5.74) is 2.69. The first-order valence-electron chi connectivity index (χ1n) is 8.99. The molecule has 3 rings (SSSR count). The molecule has 0 atom stereocenters. The Hall–Kier alpha value is -2.67. The summed E-state index contributed by atoms with van der Waals surface area (Å²) in [6, 6.07) is 12.3. The Morgan fingerprint density at radius 3 is 2.44 bits per heavy atom. The van der Waals surface area contributed by atoms with E-state index in [1.807, 2.05) is 36.1 Å². The van der Waals surface area contributed by atoms with Crippen molar-refractivity contribution in [3.8, 4) is 0 Å². The van der Waals surface area contributed by atoms with Crippen LogP contribution in [0.2, 0.25) is 0 Å². The van der Waals surface area contributed by atoms with E-state index in [-0.39, 0.29) is 16.4 Å². The molecule has 6 nitrogen and oxygen atoms in total. The lowest BCUT2D eigenvalue weighted by molar-refractivity contribution is 0.102. The predicted molar refractivity (Wildman–Crippen MR) is 108 cm³/mol. The summed E-state index contributed by atoms with van der Waals surface area (Å²) in [7, 11) is -3.81. The van der Waals surface area contributed by atoms with Gasteiger partial charge in [0.1, 0.15) is 10.7 Å². The molecule has 0 saturated carbocycles. The number of amidine groups is 1. The van der Waals surface area contributed by atoms with Gasteiger partial charge in [-0.05, 0) is 55.7 Å². The zero-order chi connectivity index (χ0) is 19.6. The third-order valence-corrected chi connectivity index (χ3v) is 5.89. The van der Waals surface area contributed by atoms with Gasteiger partial charge in [0.2, 0.25) is 0 Å². The normalized spacial score (nSPS) is 15.1. The Morgan fingerprint density at radius 2 is 1.81 bits per heavy atom. The molecule has 2 aromatic rings. The summed E-state index contributed by atoms with van der Waals surface area (Å²) in [6.07, 6.45) is 1.77. The average molecular weight is 385 g/mol. The van der Waals surface area contributed by atoms with E-state index < -0.39 is 10.0 Å². The number of hydrogen-bond donors (Lipinski definition) is 1. The molecule has 1 aliphatic heterocycles. The minimum atomic E-state index is -3.81. The molecule has 27 heavy (non-hydrogen) atoms. The molecule has 142 valence electrons. The molecule has 0 radical (unpaired) electrons. The summed E-state index contributed by atoms with van der Waals surface area (Å²) in [4.78, 5) is 14.5. The fraction of sp³-hybridized carbons (Fsp3) is 0.300. The van der Waals surface area contributed by atoms with Gasteiger partial charge in [0.05, 0.1) is 5.69 Å². The van der Waals surface area contributed by atoms with E-state index in [1.165, 1.54) is 11.6 Å². The van der Waals surface area contributed by atoms with Crippen molar-refractivity contribution in [2.75, 3.05) is 16.8 Å². The van der Waals surface area contributed by atoms with E-state index in [2.05, 4.69) is 16.6 Å². The Bertz CT molecular complexity index is 996. The van der Waals surface area contributed by atoms with Crippen molar-refractivity contribution in [3.05, 3.63) is 53.6 Å². The van der Waals surface area contributed by atoms with Crippen LogP contribution in [0.3, 0.4) is 0 Å². The number of carbonyl (C=O) groups is 1. The molecule has 0 aliphatic carbocycles. The molecule has 1 amide bonds. The summed E-state index contributed by atoms with van der Waals surface area (Å²) in [6.45, 7) is 6.42. The molecule has 1 N–H and O–H groups in total. The van der Waals surface area contributed by atoms with Crippen LogP contribution in [-0.2, 0) is 16.4 Å². The van der Waals surface area contributed by atoms with Crippen molar-refractivity contribution >= 4 is 33.1 Å². The number of nitrogens with zero attached hydrogens (tertiary/aromatic N) is 2. The number of benzene rings is 2. The Labute approximate surface area is 160 Å². The number of anilines is 2. The number of amides is 1. The maximum Gasteiger partial charge on any atom is 0.286 e. The molecule has 0 fully saturated rings. The van der Waals surface area contributed by atoms with Crippen molar-refractivity contribution in [1.82, 2.24) is 0 Å². The van der Waals surface area contributed by atoms with Gasteiger partial charge in [0, 0.05) is 17.8 Å². The van der Waals surface area contributed by atoms with Crippen LogP contribution < -0.4 is 10.2 Å². The van der Waals surface area contributed by atoms with Gasteiger partial charge < -0.3 is 10.2 Å². The summed E-state index contributed by atoms with van der Waals surface area (Å²) >= 11 is 0. The Kier molecular flexibility index (Phi) is 5.32. The molecule has 1 heterocycles. The number of nitrogens with one attached hydrogen (secondary N) is 1. The topological polar surface area (TPSA) is 78.8 Å². The highest BCUT2D eigenvalue weighted by atomic mass is 32.2. The summed E-state index contributed by atoms with van der Waals surface area (Å²) in [5.74, 6) is 0.0862. The van der Waals surface area contributed by atoms with Gasteiger partial charge in [-0.25, -0.2) is 0 Å².